The number of rotatable bonds is 1. The lowest BCUT2D eigenvalue weighted by molar-refractivity contribution is 0.0727. The molecule has 0 radical (unpaired) electrons. The van der Waals surface area contributed by atoms with E-state index < -0.39 is 0 Å². The lowest BCUT2D eigenvalue weighted by Crippen LogP contribution is -2.38. The summed E-state index contributed by atoms with van der Waals surface area (Å²) >= 11 is 0. The van der Waals surface area contributed by atoms with E-state index in [9.17, 15) is 4.79 Å². The van der Waals surface area contributed by atoms with Crippen LogP contribution in [0.15, 0.2) is 18.2 Å². The highest BCUT2D eigenvalue weighted by Gasteiger charge is 2.43. The number of aryl methyl sites for hydroxylation is 1. The highest BCUT2D eigenvalue weighted by Crippen LogP contribution is 2.33. The minimum Gasteiger partial charge on any atom is -0.335 e. The molecular weight excluding hydrogens is 236 g/mol. The fourth-order valence-corrected chi connectivity index (χ4v) is 3.57. The van der Waals surface area contributed by atoms with Crippen LogP contribution >= 0.6 is 0 Å². The van der Waals surface area contributed by atoms with Gasteiger partial charge in [-0.15, -0.1) is 0 Å². The number of carbonyl (C=O) groups excluding carboxylic acids is 1. The second-order valence-electron chi connectivity index (χ2n) is 6.03. The summed E-state index contributed by atoms with van der Waals surface area (Å²) in [5.41, 5.74) is 3.19. The molecule has 102 valence electrons. The number of nitrogens with one attached hydrogen (secondary N) is 1. The molecule has 0 bridgehead atoms. The van der Waals surface area contributed by atoms with E-state index in [1.165, 1.54) is 5.56 Å². The molecule has 3 rings (SSSR count). The number of amides is 1. The van der Waals surface area contributed by atoms with Crippen molar-refractivity contribution in [2.75, 3.05) is 19.6 Å². The molecule has 0 spiro atoms. The molecule has 3 heteroatoms. The molecular formula is C16H22N2O. The summed E-state index contributed by atoms with van der Waals surface area (Å²) in [5, 5.41) is 3.44. The van der Waals surface area contributed by atoms with Crippen LogP contribution in [0.4, 0.5) is 0 Å². The molecule has 19 heavy (non-hydrogen) atoms. The van der Waals surface area contributed by atoms with E-state index in [2.05, 4.69) is 30.1 Å². The van der Waals surface area contributed by atoms with E-state index >= 15 is 0 Å². The summed E-state index contributed by atoms with van der Waals surface area (Å²) in [7, 11) is 0. The van der Waals surface area contributed by atoms with Crippen molar-refractivity contribution in [3.63, 3.8) is 0 Å². The van der Waals surface area contributed by atoms with E-state index in [1.807, 2.05) is 19.1 Å². The summed E-state index contributed by atoms with van der Waals surface area (Å²) in [6.45, 7) is 9.34. The first kappa shape index (κ1) is 12.7. The third kappa shape index (κ3) is 1.96. The number of hydrogen-bond acceptors (Lipinski definition) is 2. The number of fused-ring (bicyclic) bond motifs is 1. The second-order valence-corrected chi connectivity index (χ2v) is 6.03. The van der Waals surface area contributed by atoms with Gasteiger partial charge < -0.3 is 10.2 Å². The predicted octanol–water partition coefficient (Wildman–Crippen LogP) is 1.98. The molecule has 1 aromatic rings. The van der Waals surface area contributed by atoms with Crippen LogP contribution in [0.25, 0.3) is 0 Å². The SMILES string of the molecule is Cc1cccc(C(=O)N2CC3CNCC3C2C)c1C. The van der Waals surface area contributed by atoms with E-state index in [4.69, 9.17) is 0 Å². The van der Waals surface area contributed by atoms with Gasteiger partial charge in [0.2, 0.25) is 0 Å². The summed E-state index contributed by atoms with van der Waals surface area (Å²) in [6.07, 6.45) is 0. The Hall–Kier alpha value is -1.35. The average molecular weight is 258 g/mol. The van der Waals surface area contributed by atoms with Crippen LogP contribution in [-0.2, 0) is 0 Å². The minimum absolute atomic E-state index is 0.211. The molecule has 0 saturated carbocycles. The van der Waals surface area contributed by atoms with Crippen molar-refractivity contribution in [1.29, 1.82) is 0 Å². The van der Waals surface area contributed by atoms with Crippen LogP contribution in [0.3, 0.4) is 0 Å². The van der Waals surface area contributed by atoms with Crippen LogP contribution in [0.5, 0.6) is 0 Å². The fourth-order valence-electron chi connectivity index (χ4n) is 3.57. The van der Waals surface area contributed by atoms with E-state index in [-0.39, 0.29) is 5.91 Å². The molecule has 3 nitrogen and oxygen atoms in total. The zero-order valence-corrected chi connectivity index (χ0v) is 11.9. The fraction of sp³-hybridized carbons (Fsp3) is 0.562. The summed E-state index contributed by atoms with van der Waals surface area (Å²) in [5.74, 6) is 1.49. The zero-order valence-electron chi connectivity index (χ0n) is 11.9. The molecule has 2 aliphatic heterocycles. The Morgan fingerprint density at radius 2 is 2.11 bits per heavy atom. The standard InChI is InChI=1S/C16H22N2O/c1-10-5-4-6-14(11(10)2)16(19)18-9-13-7-17-8-15(13)12(18)3/h4-6,12-13,15,17H,7-9H2,1-3H3. The summed E-state index contributed by atoms with van der Waals surface area (Å²) in [4.78, 5) is 14.8. The quantitative estimate of drug-likeness (QED) is 0.835. The normalized spacial score (nSPS) is 29.6. The smallest absolute Gasteiger partial charge is 0.254 e. The van der Waals surface area contributed by atoms with Gasteiger partial charge in [-0.05, 0) is 49.8 Å². The van der Waals surface area contributed by atoms with Crippen LogP contribution in [0.2, 0.25) is 0 Å². The van der Waals surface area contributed by atoms with Crippen LogP contribution in [-0.4, -0.2) is 36.5 Å². The van der Waals surface area contributed by atoms with Gasteiger partial charge in [0.25, 0.3) is 5.91 Å². The average Bonchev–Trinajstić information content (AvgIpc) is 2.96. The first-order valence-corrected chi connectivity index (χ1v) is 7.17. The molecule has 3 unspecified atom stereocenters. The van der Waals surface area contributed by atoms with Crippen molar-refractivity contribution in [2.24, 2.45) is 11.8 Å². The van der Waals surface area contributed by atoms with Crippen molar-refractivity contribution < 1.29 is 4.79 Å². The Morgan fingerprint density at radius 1 is 1.32 bits per heavy atom. The minimum atomic E-state index is 0.211. The third-order valence-corrected chi connectivity index (χ3v) is 5.03. The maximum absolute atomic E-state index is 12.8. The molecule has 2 aliphatic rings. The number of likely N-dealkylation sites (tertiary alicyclic amines) is 1. The molecule has 0 aliphatic carbocycles. The number of nitrogens with zero attached hydrogens (tertiary/aromatic N) is 1. The van der Waals surface area contributed by atoms with Crippen LogP contribution < -0.4 is 5.32 Å². The maximum atomic E-state index is 12.8. The first-order chi connectivity index (χ1) is 9.09. The molecule has 2 fully saturated rings. The van der Waals surface area contributed by atoms with E-state index in [0.717, 1.165) is 30.8 Å². The third-order valence-electron chi connectivity index (χ3n) is 5.03. The molecule has 0 aromatic heterocycles. The molecule has 1 amide bonds. The Bertz CT molecular complexity index is 511. The van der Waals surface area contributed by atoms with E-state index in [1.54, 1.807) is 0 Å². The molecule has 2 saturated heterocycles. The summed E-state index contributed by atoms with van der Waals surface area (Å²) < 4.78 is 0. The van der Waals surface area contributed by atoms with Crippen LogP contribution in [0, 0.1) is 25.7 Å². The van der Waals surface area contributed by atoms with Gasteiger partial charge in [0.15, 0.2) is 0 Å². The highest BCUT2D eigenvalue weighted by molar-refractivity contribution is 5.96. The summed E-state index contributed by atoms with van der Waals surface area (Å²) in [6, 6.07) is 6.37. The van der Waals surface area contributed by atoms with Crippen molar-refractivity contribution in [3.05, 3.63) is 34.9 Å². The number of benzene rings is 1. The van der Waals surface area contributed by atoms with E-state index in [0.29, 0.717) is 17.9 Å². The van der Waals surface area contributed by atoms with Crippen molar-refractivity contribution in [1.82, 2.24) is 10.2 Å². The predicted molar refractivity (Wildman–Crippen MR) is 76.3 cm³/mol. The highest BCUT2D eigenvalue weighted by atomic mass is 16.2. The molecule has 1 N–H and O–H groups in total. The lowest BCUT2D eigenvalue weighted by atomic mass is 9.95. The van der Waals surface area contributed by atoms with Gasteiger partial charge in [0.05, 0.1) is 0 Å². The van der Waals surface area contributed by atoms with Crippen molar-refractivity contribution in [3.8, 4) is 0 Å². The van der Waals surface area contributed by atoms with Crippen LogP contribution in [0.1, 0.15) is 28.4 Å². The monoisotopic (exact) mass is 258 g/mol. The Labute approximate surface area is 115 Å². The van der Waals surface area contributed by atoms with Gasteiger partial charge in [-0.25, -0.2) is 0 Å². The maximum Gasteiger partial charge on any atom is 0.254 e. The Kier molecular flexibility index (Phi) is 3.09. The van der Waals surface area contributed by atoms with Gasteiger partial charge >= 0.3 is 0 Å². The van der Waals surface area contributed by atoms with Crippen molar-refractivity contribution >= 4 is 5.91 Å². The van der Waals surface area contributed by atoms with Gasteiger partial charge in [-0.3, -0.25) is 4.79 Å². The van der Waals surface area contributed by atoms with Gasteiger partial charge in [0.1, 0.15) is 0 Å². The zero-order chi connectivity index (χ0) is 13.6. The molecule has 2 heterocycles. The first-order valence-electron chi connectivity index (χ1n) is 7.17. The van der Waals surface area contributed by atoms with Gasteiger partial charge in [-0.1, -0.05) is 12.1 Å². The Morgan fingerprint density at radius 3 is 2.84 bits per heavy atom. The Balaban J connectivity index is 1.87. The van der Waals surface area contributed by atoms with Gasteiger partial charge in [-0.2, -0.15) is 0 Å². The van der Waals surface area contributed by atoms with Crippen molar-refractivity contribution in [2.45, 2.75) is 26.8 Å². The molecule has 3 atom stereocenters. The van der Waals surface area contributed by atoms with Gasteiger partial charge in [0, 0.05) is 31.2 Å². The molecule has 1 aromatic carbocycles. The topological polar surface area (TPSA) is 32.3 Å². The number of carbonyl (C=O) groups is 1. The lowest BCUT2D eigenvalue weighted by Gasteiger charge is -2.25. The largest absolute Gasteiger partial charge is 0.335 e. The number of hydrogen-bond donors (Lipinski definition) is 1. The second kappa shape index (κ2) is 4.64.